The second-order valence-corrected chi connectivity index (χ2v) is 7.03. The van der Waals surface area contributed by atoms with Crippen LogP contribution in [-0.2, 0) is 24.3 Å². The van der Waals surface area contributed by atoms with Crippen molar-refractivity contribution in [2.45, 2.75) is 17.9 Å². The summed E-state index contributed by atoms with van der Waals surface area (Å²) in [4.78, 5) is 23.5. The average Bonchev–Trinajstić information content (AvgIpc) is 2.61. The molecule has 0 heterocycles. The lowest BCUT2D eigenvalue weighted by Gasteiger charge is -2.14. The van der Waals surface area contributed by atoms with Crippen LogP contribution in [0.15, 0.2) is 59.5 Å². The highest BCUT2D eigenvalue weighted by molar-refractivity contribution is 7.89. The van der Waals surface area contributed by atoms with E-state index in [-0.39, 0.29) is 4.90 Å². The zero-order valence-corrected chi connectivity index (χ0v) is 14.6. The first-order chi connectivity index (χ1) is 12.3. The van der Waals surface area contributed by atoms with E-state index in [1.165, 1.54) is 6.92 Å². The van der Waals surface area contributed by atoms with Crippen LogP contribution in [0.4, 0.5) is 10.1 Å². The predicted octanol–water partition coefficient (Wildman–Crippen LogP) is 1.67. The van der Waals surface area contributed by atoms with Gasteiger partial charge in [0.25, 0.3) is 5.91 Å². The van der Waals surface area contributed by atoms with Crippen molar-refractivity contribution in [3.63, 3.8) is 0 Å². The van der Waals surface area contributed by atoms with Crippen LogP contribution in [0.3, 0.4) is 0 Å². The van der Waals surface area contributed by atoms with Crippen LogP contribution in [0, 0.1) is 5.82 Å². The van der Waals surface area contributed by atoms with E-state index in [2.05, 4.69) is 5.32 Å². The second-order valence-electron chi connectivity index (χ2n) is 5.27. The number of sulfonamides is 1. The average molecular weight is 380 g/mol. The Morgan fingerprint density at radius 1 is 1.08 bits per heavy atom. The van der Waals surface area contributed by atoms with Crippen LogP contribution in [0.25, 0.3) is 0 Å². The molecule has 0 aliphatic carbocycles. The van der Waals surface area contributed by atoms with E-state index in [1.54, 1.807) is 30.3 Å². The van der Waals surface area contributed by atoms with Crippen LogP contribution >= 0.6 is 0 Å². The largest absolute Gasteiger partial charge is 0.452 e. The van der Waals surface area contributed by atoms with Crippen LogP contribution in [-0.4, -0.2) is 32.9 Å². The van der Waals surface area contributed by atoms with E-state index in [9.17, 15) is 22.4 Å². The highest BCUT2D eigenvalue weighted by Crippen LogP contribution is 2.10. The summed E-state index contributed by atoms with van der Waals surface area (Å²) in [6, 6.07) is 12.7. The van der Waals surface area contributed by atoms with E-state index in [4.69, 9.17) is 4.74 Å². The van der Waals surface area contributed by atoms with Crippen LogP contribution < -0.4 is 10.0 Å². The number of halogens is 1. The van der Waals surface area contributed by atoms with Gasteiger partial charge in [-0.3, -0.25) is 9.59 Å². The number of hydrogen-bond acceptors (Lipinski definition) is 5. The number of benzene rings is 2. The van der Waals surface area contributed by atoms with E-state index >= 15 is 0 Å². The summed E-state index contributed by atoms with van der Waals surface area (Å²) in [6.45, 7) is 0.702. The molecular weight excluding hydrogens is 363 g/mol. The second kappa shape index (κ2) is 8.54. The van der Waals surface area contributed by atoms with Gasteiger partial charge in [0.1, 0.15) is 12.4 Å². The SMILES string of the molecule is C[C@@H](OC(=O)CNS(=O)(=O)c1ccc(F)cc1)C(=O)Nc1ccccc1. The number of para-hydroxylation sites is 1. The van der Waals surface area contributed by atoms with Crippen molar-refractivity contribution in [2.24, 2.45) is 0 Å². The molecule has 0 spiro atoms. The van der Waals surface area contributed by atoms with Crippen molar-refractivity contribution in [1.82, 2.24) is 4.72 Å². The molecule has 0 unspecified atom stereocenters. The summed E-state index contributed by atoms with van der Waals surface area (Å²) in [5.74, 6) is -2.06. The van der Waals surface area contributed by atoms with Gasteiger partial charge in [0.05, 0.1) is 4.90 Å². The standard InChI is InChI=1S/C17H17FN2O5S/c1-12(17(22)20-14-5-3-2-4-6-14)25-16(21)11-19-26(23,24)15-9-7-13(18)8-10-15/h2-10,12,19H,11H2,1H3,(H,20,22)/t12-/m1/s1. The Morgan fingerprint density at radius 2 is 1.69 bits per heavy atom. The lowest BCUT2D eigenvalue weighted by atomic mass is 10.3. The first kappa shape index (κ1) is 19.5. The molecule has 2 aromatic rings. The summed E-state index contributed by atoms with van der Waals surface area (Å²) in [5, 5.41) is 2.56. The van der Waals surface area contributed by atoms with Gasteiger partial charge in [-0.15, -0.1) is 0 Å². The van der Waals surface area contributed by atoms with E-state index in [0.717, 1.165) is 24.3 Å². The van der Waals surface area contributed by atoms with Gasteiger partial charge >= 0.3 is 5.97 Å². The molecule has 2 N–H and O–H groups in total. The Bertz CT molecular complexity index is 870. The van der Waals surface area contributed by atoms with Crippen molar-refractivity contribution in [1.29, 1.82) is 0 Å². The van der Waals surface area contributed by atoms with E-state index < -0.39 is 40.4 Å². The van der Waals surface area contributed by atoms with Gasteiger partial charge in [0.15, 0.2) is 6.10 Å². The maximum Gasteiger partial charge on any atom is 0.321 e. The molecule has 26 heavy (non-hydrogen) atoms. The van der Waals surface area contributed by atoms with Crippen LogP contribution in [0.1, 0.15) is 6.92 Å². The minimum Gasteiger partial charge on any atom is -0.452 e. The summed E-state index contributed by atoms with van der Waals surface area (Å²) in [5.41, 5.74) is 0.539. The number of ether oxygens (including phenoxy) is 1. The molecule has 138 valence electrons. The number of anilines is 1. The number of nitrogens with one attached hydrogen (secondary N) is 2. The van der Waals surface area contributed by atoms with Crippen molar-refractivity contribution in [3.8, 4) is 0 Å². The van der Waals surface area contributed by atoms with Crippen molar-refractivity contribution < 1.29 is 27.1 Å². The topological polar surface area (TPSA) is 102 Å². The van der Waals surface area contributed by atoms with Gasteiger partial charge in [-0.2, -0.15) is 4.72 Å². The lowest BCUT2D eigenvalue weighted by Crippen LogP contribution is -2.35. The fourth-order valence-electron chi connectivity index (χ4n) is 1.91. The van der Waals surface area contributed by atoms with Crippen molar-refractivity contribution in [2.75, 3.05) is 11.9 Å². The molecule has 0 saturated carbocycles. The Kier molecular flexibility index (Phi) is 6.42. The zero-order chi connectivity index (χ0) is 19.2. The van der Waals surface area contributed by atoms with Gasteiger partial charge in [0, 0.05) is 5.69 Å². The first-order valence-corrected chi connectivity index (χ1v) is 9.07. The van der Waals surface area contributed by atoms with Gasteiger partial charge in [-0.05, 0) is 43.3 Å². The van der Waals surface area contributed by atoms with Gasteiger partial charge in [0.2, 0.25) is 10.0 Å². The molecule has 7 nitrogen and oxygen atoms in total. The summed E-state index contributed by atoms with van der Waals surface area (Å²) >= 11 is 0. The molecule has 0 aromatic heterocycles. The Morgan fingerprint density at radius 3 is 2.31 bits per heavy atom. The number of hydrogen-bond donors (Lipinski definition) is 2. The third-order valence-corrected chi connectivity index (χ3v) is 4.67. The molecule has 0 fully saturated rings. The highest BCUT2D eigenvalue weighted by Gasteiger charge is 2.20. The smallest absolute Gasteiger partial charge is 0.321 e. The molecule has 2 aromatic carbocycles. The van der Waals surface area contributed by atoms with Crippen molar-refractivity contribution >= 4 is 27.6 Å². The van der Waals surface area contributed by atoms with Gasteiger partial charge < -0.3 is 10.1 Å². The maximum atomic E-state index is 12.8. The quantitative estimate of drug-likeness (QED) is 0.712. The van der Waals surface area contributed by atoms with Crippen LogP contribution in [0.2, 0.25) is 0 Å². The lowest BCUT2D eigenvalue weighted by molar-refractivity contribution is -0.151. The van der Waals surface area contributed by atoms with Crippen molar-refractivity contribution in [3.05, 3.63) is 60.4 Å². The molecule has 2 rings (SSSR count). The van der Waals surface area contributed by atoms with Gasteiger partial charge in [-0.25, -0.2) is 12.8 Å². The number of amides is 1. The van der Waals surface area contributed by atoms with Gasteiger partial charge in [-0.1, -0.05) is 18.2 Å². The zero-order valence-electron chi connectivity index (χ0n) is 13.8. The number of carbonyl (C=O) groups is 2. The molecule has 9 heteroatoms. The molecule has 0 bridgehead atoms. The third kappa shape index (κ3) is 5.64. The molecule has 0 aliphatic heterocycles. The molecule has 1 amide bonds. The molecule has 0 aliphatic rings. The third-order valence-electron chi connectivity index (χ3n) is 3.25. The minimum absolute atomic E-state index is 0.193. The monoisotopic (exact) mass is 380 g/mol. The maximum absolute atomic E-state index is 12.8. The molecule has 1 atom stereocenters. The number of esters is 1. The Labute approximate surface area is 150 Å². The first-order valence-electron chi connectivity index (χ1n) is 7.58. The Hall–Kier alpha value is -2.78. The molecule has 0 saturated heterocycles. The summed E-state index contributed by atoms with van der Waals surface area (Å²) < 4.78 is 43.7. The normalized spacial score (nSPS) is 12.2. The molecule has 0 radical (unpaired) electrons. The van der Waals surface area contributed by atoms with Crippen LogP contribution in [0.5, 0.6) is 0 Å². The number of carbonyl (C=O) groups excluding carboxylic acids is 2. The fraction of sp³-hybridized carbons (Fsp3) is 0.176. The van der Waals surface area contributed by atoms with E-state index in [0.29, 0.717) is 5.69 Å². The summed E-state index contributed by atoms with van der Waals surface area (Å²) in [6.07, 6.45) is -1.11. The van der Waals surface area contributed by atoms with E-state index in [1.807, 2.05) is 4.72 Å². The predicted molar refractivity (Wildman–Crippen MR) is 92.2 cm³/mol. The minimum atomic E-state index is -3.99. The molecular formula is C17H17FN2O5S. The fourth-order valence-corrected chi connectivity index (χ4v) is 2.88. The highest BCUT2D eigenvalue weighted by atomic mass is 32.2. The number of rotatable bonds is 7. The Balaban J connectivity index is 1.85. The summed E-state index contributed by atoms with van der Waals surface area (Å²) in [7, 11) is -3.99.